The Kier molecular flexibility index (Phi) is 4.52. The van der Waals surface area contributed by atoms with Gasteiger partial charge in [-0.3, -0.25) is 0 Å². The van der Waals surface area contributed by atoms with Gasteiger partial charge in [0.1, 0.15) is 11.6 Å². The molecule has 0 saturated heterocycles. The van der Waals surface area contributed by atoms with Crippen molar-refractivity contribution in [1.82, 2.24) is 15.0 Å². The van der Waals surface area contributed by atoms with Crippen LogP contribution in [0.25, 0.3) is 0 Å². The molecule has 1 heterocycles. The van der Waals surface area contributed by atoms with Gasteiger partial charge in [0.25, 0.3) is 0 Å². The Labute approximate surface area is 121 Å². The van der Waals surface area contributed by atoms with Crippen molar-refractivity contribution in [3.8, 4) is 5.75 Å². The standard InChI is InChI=1S/C14H16FN3O3/c1-3-4-11-13(14(19)20)16-17-18(11)8-9-7-10(15)5-6-12(9)21-2/h5-7H,3-4,8H2,1-2H3,(H,19,20). The van der Waals surface area contributed by atoms with Crippen LogP contribution in [0.3, 0.4) is 0 Å². The van der Waals surface area contributed by atoms with E-state index in [1.165, 1.54) is 30.0 Å². The second kappa shape index (κ2) is 6.34. The number of hydrogen-bond acceptors (Lipinski definition) is 4. The summed E-state index contributed by atoms with van der Waals surface area (Å²) in [6, 6.07) is 4.18. The van der Waals surface area contributed by atoms with E-state index in [4.69, 9.17) is 9.84 Å². The third-order valence-corrected chi connectivity index (χ3v) is 3.09. The Morgan fingerprint density at radius 1 is 1.48 bits per heavy atom. The Morgan fingerprint density at radius 3 is 2.86 bits per heavy atom. The lowest BCUT2D eigenvalue weighted by atomic mass is 10.1. The summed E-state index contributed by atoms with van der Waals surface area (Å²) in [5.74, 6) is -0.983. The smallest absolute Gasteiger partial charge is 0.358 e. The summed E-state index contributed by atoms with van der Waals surface area (Å²) in [4.78, 5) is 11.1. The minimum atomic E-state index is -1.11. The molecule has 0 spiro atoms. The Hall–Kier alpha value is -2.44. The predicted molar refractivity (Wildman–Crippen MR) is 73.0 cm³/mol. The molecular formula is C14H16FN3O3. The molecule has 0 saturated carbocycles. The van der Waals surface area contributed by atoms with Crippen molar-refractivity contribution in [3.05, 3.63) is 41.0 Å². The number of methoxy groups -OCH3 is 1. The van der Waals surface area contributed by atoms with Crippen LogP contribution in [0.15, 0.2) is 18.2 Å². The van der Waals surface area contributed by atoms with E-state index in [2.05, 4.69) is 10.3 Å². The highest BCUT2D eigenvalue weighted by atomic mass is 19.1. The van der Waals surface area contributed by atoms with Crippen LogP contribution in [0.4, 0.5) is 4.39 Å². The lowest BCUT2D eigenvalue weighted by molar-refractivity contribution is 0.0689. The van der Waals surface area contributed by atoms with Crippen LogP contribution in [0.2, 0.25) is 0 Å². The van der Waals surface area contributed by atoms with Gasteiger partial charge in [0.15, 0.2) is 5.69 Å². The molecule has 1 N–H and O–H groups in total. The SMILES string of the molecule is CCCc1c(C(=O)O)nnn1Cc1cc(F)ccc1OC. The van der Waals surface area contributed by atoms with Gasteiger partial charge in [0, 0.05) is 5.56 Å². The first-order chi connectivity index (χ1) is 10.1. The number of carbonyl (C=O) groups is 1. The van der Waals surface area contributed by atoms with Gasteiger partial charge in [0.2, 0.25) is 0 Å². The average Bonchev–Trinajstić information content (AvgIpc) is 2.83. The highest BCUT2D eigenvalue weighted by molar-refractivity contribution is 5.86. The van der Waals surface area contributed by atoms with E-state index in [1.54, 1.807) is 0 Å². The fourth-order valence-electron chi connectivity index (χ4n) is 2.14. The van der Waals surface area contributed by atoms with Crippen molar-refractivity contribution in [1.29, 1.82) is 0 Å². The first kappa shape index (κ1) is 15.0. The van der Waals surface area contributed by atoms with E-state index in [0.29, 0.717) is 23.4 Å². The second-order valence-electron chi connectivity index (χ2n) is 4.55. The molecule has 0 unspecified atom stereocenters. The summed E-state index contributed by atoms with van der Waals surface area (Å²) in [6.45, 7) is 2.14. The van der Waals surface area contributed by atoms with Gasteiger partial charge in [-0.15, -0.1) is 5.10 Å². The van der Waals surface area contributed by atoms with Crippen molar-refractivity contribution in [3.63, 3.8) is 0 Å². The number of aromatic nitrogens is 3. The van der Waals surface area contributed by atoms with E-state index >= 15 is 0 Å². The van der Waals surface area contributed by atoms with Crippen LogP contribution < -0.4 is 4.74 Å². The fraction of sp³-hybridized carbons (Fsp3) is 0.357. The zero-order chi connectivity index (χ0) is 15.4. The van der Waals surface area contributed by atoms with E-state index < -0.39 is 5.97 Å². The monoisotopic (exact) mass is 293 g/mol. The van der Waals surface area contributed by atoms with Crippen LogP contribution in [0.5, 0.6) is 5.75 Å². The van der Waals surface area contributed by atoms with Gasteiger partial charge < -0.3 is 9.84 Å². The molecule has 112 valence electrons. The third kappa shape index (κ3) is 3.18. The molecule has 2 aromatic rings. The number of rotatable bonds is 6. The fourth-order valence-corrected chi connectivity index (χ4v) is 2.14. The summed E-state index contributed by atoms with van der Waals surface area (Å²) in [7, 11) is 1.49. The van der Waals surface area contributed by atoms with E-state index in [1.807, 2.05) is 6.92 Å². The Bertz CT molecular complexity index is 655. The van der Waals surface area contributed by atoms with Crippen molar-refractivity contribution in [2.75, 3.05) is 7.11 Å². The number of nitrogens with zero attached hydrogens (tertiary/aromatic N) is 3. The first-order valence-corrected chi connectivity index (χ1v) is 6.54. The van der Waals surface area contributed by atoms with Gasteiger partial charge >= 0.3 is 5.97 Å². The quantitative estimate of drug-likeness (QED) is 0.882. The summed E-state index contributed by atoms with van der Waals surface area (Å²) in [5.41, 5.74) is 1.04. The molecule has 7 heteroatoms. The van der Waals surface area contributed by atoms with Crippen molar-refractivity contribution in [2.45, 2.75) is 26.3 Å². The minimum Gasteiger partial charge on any atom is -0.496 e. The molecule has 0 atom stereocenters. The van der Waals surface area contributed by atoms with Gasteiger partial charge in [-0.25, -0.2) is 13.9 Å². The number of hydrogen-bond donors (Lipinski definition) is 1. The molecule has 6 nitrogen and oxygen atoms in total. The molecule has 0 aliphatic rings. The maximum Gasteiger partial charge on any atom is 0.358 e. The molecule has 0 amide bonds. The van der Waals surface area contributed by atoms with Gasteiger partial charge in [0.05, 0.1) is 19.3 Å². The number of benzene rings is 1. The van der Waals surface area contributed by atoms with E-state index in [-0.39, 0.29) is 18.1 Å². The van der Waals surface area contributed by atoms with E-state index in [0.717, 1.165) is 6.42 Å². The predicted octanol–water partition coefficient (Wildman–Crippen LogP) is 2.12. The molecule has 0 aliphatic carbocycles. The summed E-state index contributed by atoms with van der Waals surface area (Å²) in [6.07, 6.45) is 1.29. The summed E-state index contributed by atoms with van der Waals surface area (Å²) in [5, 5.41) is 16.7. The molecule has 0 fully saturated rings. The van der Waals surface area contributed by atoms with Crippen LogP contribution >= 0.6 is 0 Å². The Balaban J connectivity index is 2.39. The maximum absolute atomic E-state index is 13.4. The molecule has 0 aliphatic heterocycles. The third-order valence-electron chi connectivity index (χ3n) is 3.09. The second-order valence-corrected chi connectivity index (χ2v) is 4.55. The van der Waals surface area contributed by atoms with Gasteiger partial charge in [-0.2, -0.15) is 0 Å². The van der Waals surface area contributed by atoms with Crippen LogP contribution in [0, 0.1) is 5.82 Å². The molecular weight excluding hydrogens is 277 g/mol. The van der Waals surface area contributed by atoms with E-state index in [9.17, 15) is 9.18 Å². The maximum atomic E-state index is 13.4. The molecule has 1 aromatic carbocycles. The van der Waals surface area contributed by atoms with Gasteiger partial charge in [-0.05, 0) is 24.6 Å². The van der Waals surface area contributed by atoms with Crippen LogP contribution in [-0.2, 0) is 13.0 Å². The lowest BCUT2D eigenvalue weighted by Gasteiger charge is -2.10. The number of carboxylic acids is 1. The molecule has 1 aromatic heterocycles. The summed E-state index contributed by atoms with van der Waals surface area (Å²) >= 11 is 0. The highest BCUT2D eigenvalue weighted by Gasteiger charge is 2.19. The van der Waals surface area contributed by atoms with Crippen molar-refractivity contribution >= 4 is 5.97 Å². The lowest BCUT2D eigenvalue weighted by Crippen LogP contribution is -2.10. The molecule has 2 rings (SSSR count). The van der Waals surface area contributed by atoms with Crippen LogP contribution in [0.1, 0.15) is 35.1 Å². The molecule has 21 heavy (non-hydrogen) atoms. The number of halogens is 1. The molecule has 0 bridgehead atoms. The van der Waals surface area contributed by atoms with Crippen molar-refractivity contribution < 1.29 is 19.0 Å². The Morgan fingerprint density at radius 2 is 2.24 bits per heavy atom. The first-order valence-electron chi connectivity index (χ1n) is 6.54. The number of ether oxygens (including phenoxy) is 1. The number of aromatic carboxylic acids is 1. The zero-order valence-corrected chi connectivity index (χ0v) is 11.8. The van der Waals surface area contributed by atoms with Gasteiger partial charge in [-0.1, -0.05) is 18.6 Å². The summed E-state index contributed by atoms with van der Waals surface area (Å²) < 4.78 is 20.0. The largest absolute Gasteiger partial charge is 0.496 e. The molecule has 0 radical (unpaired) electrons. The highest BCUT2D eigenvalue weighted by Crippen LogP contribution is 2.21. The average molecular weight is 293 g/mol. The van der Waals surface area contributed by atoms with Crippen molar-refractivity contribution in [2.24, 2.45) is 0 Å². The van der Waals surface area contributed by atoms with Crippen LogP contribution in [-0.4, -0.2) is 33.2 Å². The minimum absolute atomic E-state index is 0.0628. The zero-order valence-electron chi connectivity index (χ0n) is 11.8. The normalized spacial score (nSPS) is 10.6. The number of carboxylic acid groups (broad SMARTS) is 1. The topological polar surface area (TPSA) is 77.2 Å².